The van der Waals surface area contributed by atoms with Crippen LogP contribution in [0.1, 0.15) is 39.0 Å². The molecule has 0 spiro atoms. The number of nitrogens with one attached hydrogen (secondary N) is 1. The number of nitrogens with zero attached hydrogens (tertiary/aromatic N) is 1. The number of rotatable bonds is 10. The van der Waals surface area contributed by atoms with Crippen LogP contribution in [0.2, 0.25) is 5.04 Å². The monoisotopic (exact) mass is 546 g/mol. The second-order valence-electron chi connectivity index (χ2n) is 11.0. The van der Waals surface area contributed by atoms with Crippen LogP contribution in [0.3, 0.4) is 0 Å². The highest BCUT2D eigenvalue weighted by Gasteiger charge is 2.55. The van der Waals surface area contributed by atoms with Crippen LogP contribution in [0.25, 0.3) is 0 Å². The topological polar surface area (TPSA) is 82.6 Å². The molecule has 1 aliphatic heterocycles. The largest absolute Gasteiger partial charge is 0.404 e. The van der Waals surface area contributed by atoms with Gasteiger partial charge in [0.2, 0.25) is 0 Å². The Morgan fingerprint density at radius 2 is 1.67 bits per heavy atom. The van der Waals surface area contributed by atoms with E-state index in [1.165, 1.54) is 10.8 Å². The summed E-state index contributed by atoms with van der Waals surface area (Å²) < 4.78 is 21.4. The Balaban J connectivity index is 1.79. The van der Waals surface area contributed by atoms with Gasteiger partial charge in [0, 0.05) is 18.2 Å². The minimum Gasteiger partial charge on any atom is -0.404 e. The van der Waals surface area contributed by atoms with E-state index < -0.39 is 37.5 Å². The summed E-state index contributed by atoms with van der Waals surface area (Å²) in [5, 5.41) is 2.06. The summed E-state index contributed by atoms with van der Waals surface area (Å²) in [5.41, 5.74) is -1.59. The van der Waals surface area contributed by atoms with E-state index in [1.54, 1.807) is 19.1 Å². The van der Waals surface area contributed by atoms with Gasteiger partial charge in [0.05, 0.1) is 19.3 Å². The second kappa shape index (κ2) is 11.4. The third-order valence-electron chi connectivity index (χ3n) is 7.46. The van der Waals surface area contributed by atoms with Crippen LogP contribution in [0.15, 0.2) is 102 Å². The Kier molecular flexibility index (Phi) is 8.41. The predicted molar refractivity (Wildman–Crippen MR) is 157 cm³/mol. The Bertz CT molecular complexity index is 1370. The zero-order chi connectivity index (χ0) is 28.3. The van der Waals surface area contributed by atoms with Gasteiger partial charge in [0.25, 0.3) is 13.9 Å². The molecule has 3 atom stereocenters. The number of aromatic amines is 1. The highest BCUT2D eigenvalue weighted by atomic mass is 28.4. The molecule has 1 aliphatic rings. The van der Waals surface area contributed by atoms with Crippen molar-refractivity contribution in [3.05, 3.63) is 119 Å². The number of hydrogen-bond acceptors (Lipinski definition) is 5. The van der Waals surface area contributed by atoms with Crippen molar-refractivity contribution in [2.45, 2.75) is 57.1 Å². The second-order valence-corrected chi connectivity index (χ2v) is 15.3. The number of hydrogen-bond donors (Lipinski definition) is 1. The highest BCUT2D eigenvalue weighted by Crippen LogP contribution is 2.42. The average Bonchev–Trinajstić information content (AvgIpc) is 3.29. The van der Waals surface area contributed by atoms with E-state index in [2.05, 4.69) is 63.2 Å². The van der Waals surface area contributed by atoms with E-state index in [-0.39, 0.29) is 11.6 Å². The third kappa shape index (κ3) is 5.42. The maximum absolute atomic E-state index is 12.7. The summed E-state index contributed by atoms with van der Waals surface area (Å²) in [7, 11) is -2.89. The molecule has 2 aromatic carbocycles. The van der Waals surface area contributed by atoms with E-state index in [0.717, 1.165) is 10.4 Å². The van der Waals surface area contributed by atoms with Crippen LogP contribution in [0, 0.1) is 6.92 Å². The number of H-pyrrole nitrogens is 1. The van der Waals surface area contributed by atoms with Crippen LogP contribution in [0.5, 0.6) is 0 Å². The summed E-state index contributed by atoms with van der Waals surface area (Å²) in [6, 6.07) is 20.7. The van der Waals surface area contributed by atoms with E-state index in [0.29, 0.717) is 18.6 Å². The van der Waals surface area contributed by atoms with Crippen molar-refractivity contribution < 1.29 is 13.9 Å². The molecule has 1 N–H and O–H groups in total. The fourth-order valence-electron chi connectivity index (χ4n) is 5.47. The molecule has 206 valence electrons. The van der Waals surface area contributed by atoms with Crippen molar-refractivity contribution in [3.63, 3.8) is 0 Å². The lowest BCUT2D eigenvalue weighted by atomic mass is 9.97. The molecule has 3 aromatic rings. The molecule has 0 saturated carbocycles. The van der Waals surface area contributed by atoms with Gasteiger partial charge in [-0.05, 0) is 22.3 Å². The molecule has 1 aromatic heterocycles. The summed E-state index contributed by atoms with van der Waals surface area (Å²) in [5.74, 6) is 0. The first kappa shape index (κ1) is 28.7. The van der Waals surface area contributed by atoms with Crippen LogP contribution in [0.4, 0.5) is 0 Å². The predicted octanol–water partition coefficient (Wildman–Crippen LogP) is 3.84. The zero-order valence-electron chi connectivity index (χ0n) is 23.2. The molecule has 2 heterocycles. The molecule has 4 rings (SSSR count). The quantitative estimate of drug-likeness (QED) is 0.309. The normalized spacial score (nSPS) is 21.5. The molecule has 39 heavy (non-hydrogen) atoms. The maximum Gasteiger partial charge on any atom is 0.330 e. The fraction of sp³-hybridized carbons (Fsp3) is 0.355. The minimum absolute atomic E-state index is 0.166. The van der Waals surface area contributed by atoms with E-state index >= 15 is 0 Å². The van der Waals surface area contributed by atoms with Gasteiger partial charge in [-0.15, -0.1) is 13.2 Å². The Morgan fingerprint density at radius 1 is 1.08 bits per heavy atom. The zero-order valence-corrected chi connectivity index (χ0v) is 24.2. The van der Waals surface area contributed by atoms with E-state index in [1.807, 2.05) is 36.4 Å². The molecule has 7 nitrogen and oxygen atoms in total. The van der Waals surface area contributed by atoms with Gasteiger partial charge in [-0.1, -0.05) is 93.6 Å². The van der Waals surface area contributed by atoms with Crippen molar-refractivity contribution in [3.8, 4) is 0 Å². The summed E-state index contributed by atoms with van der Waals surface area (Å²) in [6.07, 6.45) is 4.16. The molecule has 0 amide bonds. The first-order valence-corrected chi connectivity index (χ1v) is 15.1. The molecule has 0 unspecified atom stereocenters. The summed E-state index contributed by atoms with van der Waals surface area (Å²) >= 11 is 0. The standard InChI is InChI=1S/C31H38N2O5Si/c1-7-19-36-26-20-27(33-21-23(3)28(34)32-29(33)35)38-31(26,8-2)22-37-39(30(4,5)6,24-15-11-9-12-16-24)25-17-13-10-14-18-25/h7-18,21,26-27H,1-2,19-20,22H2,3-6H3,(H,32,34,35)/t26-,27+,31+/m0/s1. The minimum atomic E-state index is -2.89. The van der Waals surface area contributed by atoms with Crippen LogP contribution in [-0.4, -0.2) is 42.8 Å². The molecule has 1 saturated heterocycles. The van der Waals surface area contributed by atoms with E-state index in [9.17, 15) is 9.59 Å². The lowest BCUT2D eigenvalue weighted by molar-refractivity contribution is -0.105. The molecule has 0 radical (unpaired) electrons. The maximum atomic E-state index is 12.7. The molecule has 8 heteroatoms. The van der Waals surface area contributed by atoms with Crippen molar-refractivity contribution in [2.24, 2.45) is 0 Å². The first-order valence-electron chi connectivity index (χ1n) is 13.2. The van der Waals surface area contributed by atoms with Crippen LogP contribution < -0.4 is 21.6 Å². The van der Waals surface area contributed by atoms with Gasteiger partial charge < -0.3 is 13.9 Å². The van der Waals surface area contributed by atoms with Crippen molar-refractivity contribution in [1.82, 2.24) is 9.55 Å². The summed E-state index contributed by atoms with van der Waals surface area (Å²) in [4.78, 5) is 27.1. The van der Waals surface area contributed by atoms with Gasteiger partial charge >= 0.3 is 5.69 Å². The third-order valence-corrected chi connectivity index (χ3v) is 12.4. The first-order chi connectivity index (χ1) is 18.6. The number of aromatic nitrogens is 2. The lowest BCUT2D eigenvalue weighted by Gasteiger charge is -2.45. The number of aryl methyl sites for hydroxylation is 1. The molecule has 1 fully saturated rings. The fourth-order valence-corrected chi connectivity index (χ4v) is 10.1. The lowest BCUT2D eigenvalue weighted by Crippen LogP contribution is -2.68. The van der Waals surface area contributed by atoms with Gasteiger partial charge in [0.15, 0.2) is 0 Å². The summed E-state index contributed by atoms with van der Waals surface area (Å²) in [6.45, 7) is 16.7. The number of ether oxygens (including phenoxy) is 2. The Hall–Kier alpha value is -3.30. The van der Waals surface area contributed by atoms with E-state index in [4.69, 9.17) is 13.9 Å². The van der Waals surface area contributed by atoms with Gasteiger partial charge in [-0.25, -0.2) is 4.79 Å². The van der Waals surface area contributed by atoms with Gasteiger partial charge in [-0.2, -0.15) is 0 Å². The van der Waals surface area contributed by atoms with Crippen LogP contribution >= 0.6 is 0 Å². The molecule has 0 aliphatic carbocycles. The number of benzene rings is 2. The molecular weight excluding hydrogens is 508 g/mol. The Labute approximate surface area is 230 Å². The molecular formula is C31H38N2O5Si. The van der Waals surface area contributed by atoms with Crippen molar-refractivity contribution >= 4 is 18.7 Å². The van der Waals surface area contributed by atoms with Crippen molar-refractivity contribution in [1.29, 1.82) is 0 Å². The smallest absolute Gasteiger partial charge is 0.330 e. The van der Waals surface area contributed by atoms with Crippen LogP contribution in [-0.2, 0) is 13.9 Å². The SMILES string of the molecule is C=CCO[C@H]1C[C@H](n2cc(C)c(=O)[nH]c2=O)O[C@]1(C=C)CO[Si](c1ccccc1)(c1ccccc1)C(C)(C)C. The van der Waals surface area contributed by atoms with Crippen molar-refractivity contribution in [2.75, 3.05) is 13.2 Å². The highest BCUT2D eigenvalue weighted by molar-refractivity contribution is 6.99. The van der Waals surface area contributed by atoms with Gasteiger partial charge in [-0.3, -0.25) is 14.3 Å². The average molecular weight is 547 g/mol. The van der Waals surface area contributed by atoms with Gasteiger partial charge in [0.1, 0.15) is 11.8 Å². The molecule has 0 bridgehead atoms. The Morgan fingerprint density at radius 3 is 2.18 bits per heavy atom.